The Bertz CT molecular complexity index is 1120. The molecule has 0 atom stereocenters. The summed E-state index contributed by atoms with van der Waals surface area (Å²) >= 11 is 0. The van der Waals surface area contributed by atoms with Gasteiger partial charge in [-0.1, -0.05) is 54.6 Å². The molecule has 5 rings (SSSR count). The summed E-state index contributed by atoms with van der Waals surface area (Å²) in [5.74, 6) is 1.06. The number of benzene rings is 2. The number of fused-ring (bicyclic) bond motifs is 1. The van der Waals surface area contributed by atoms with Gasteiger partial charge in [0, 0.05) is 56.1 Å². The van der Waals surface area contributed by atoms with E-state index in [2.05, 4.69) is 80.2 Å². The molecule has 5 heteroatoms. The molecule has 2 aromatic carbocycles. The Hall–Kier alpha value is -3.18. The quantitative estimate of drug-likeness (QED) is 0.570. The lowest BCUT2D eigenvalue weighted by Crippen LogP contribution is -2.30. The van der Waals surface area contributed by atoms with Crippen LogP contribution in [0.15, 0.2) is 60.8 Å². The molecule has 3 heterocycles. The molecule has 1 aliphatic rings. The van der Waals surface area contributed by atoms with Gasteiger partial charge in [-0.25, -0.2) is 4.98 Å². The topological polar surface area (TPSA) is 49.7 Å². The lowest BCUT2D eigenvalue weighted by atomic mass is 9.98. The third-order valence-electron chi connectivity index (χ3n) is 5.98. The molecular formula is C24H25N5. The van der Waals surface area contributed by atoms with Crippen LogP contribution < -0.4 is 0 Å². The van der Waals surface area contributed by atoms with E-state index in [0.29, 0.717) is 0 Å². The Morgan fingerprint density at radius 2 is 1.69 bits per heavy atom. The summed E-state index contributed by atoms with van der Waals surface area (Å²) in [6.45, 7) is 4.90. The number of aryl methyl sites for hydroxylation is 1. The fraction of sp³-hybridized carbons (Fsp3) is 0.250. The van der Waals surface area contributed by atoms with Crippen LogP contribution in [-0.2, 0) is 26.6 Å². The van der Waals surface area contributed by atoms with Crippen molar-refractivity contribution in [1.82, 2.24) is 24.6 Å². The first-order chi connectivity index (χ1) is 14.2. The highest BCUT2D eigenvalue weighted by Crippen LogP contribution is 2.30. The highest BCUT2D eigenvalue weighted by molar-refractivity contribution is 5.70. The van der Waals surface area contributed by atoms with Crippen molar-refractivity contribution >= 4 is 0 Å². The number of aromatic nitrogens is 4. The van der Waals surface area contributed by atoms with Crippen molar-refractivity contribution in [3.63, 3.8) is 0 Å². The normalized spacial score (nSPS) is 14.1. The zero-order valence-electron chi connectivity index (χ0n) is 16.9. The Balaban J connectivity index is 1.39. The van der Waals surface area contributed by atoms with E-state index in [-0.39, 0.29) is 0 Å². The van der Waals surface area contributed by atoms with Crippen LogP contribution in [0.1, 0.15) is 22.8 Å². The molecular weight excluding hydrogens is 358 g/mol. The van der Waals surface area contributed by atoms with Crippen molar-refractivity contribution in [3.05, 3.63) is 83.6 Å². The Labute approximate surface area is 171 Å². The summed E-state index contributed by atoms with van der Waals surface area (Å²) in [6, 6.07) is 19.2. The maximum absolute atomic E-state index is 4.66. The molecule has 0 saturated heterocycles. The number of rotatable bonds is 4. The summed E-state index contributed by atoms with van der Waals surface area (Å²) in [5, 5.41) is 7.94. The van der Waals surface area contributed by atoms with E-state index in [1.54, 1.807) is 0 Å². The molecule has 0 radical (unpaired) electrons. The molecule has 2 aromatic heterocycles. The van der Waals surface area contributed by atoms with Crippen molar-refractivity contribution in [2.45, 2.75) is 26.4 Å². The van der Waals surface area contributed by atoms with Gasteiger partial charge in [-0.15, -0.1) is 0 Å². The molecule has 5 nitrogen and oxygen atoms in total. The third-order valence-corrected chi connectivity index (χ3v) is 5.98. The minimum absolute atomic E-state index is 0.909. The zero-order chi connectivity index (χ0) is 19.8. The van der Waals surface area contributed by atoms with Crippen LogP contribution in [0.5, 0.6) is 0 Å². The lowest BCUT2D eigenvalue weighted by Gasteiger charge is -2.27. The van der Waals surface area contributed by atoms with Crippen molar-refractivity contribution in [2.24, 2.45) is 7.05 Å². The van der Waals surface area contributed by atoms with Crippen molar-refractivity contribution in [2.75, 3.05) is 6.54 Å². The second-order valence-corrected chi connectivity index (χ2v) is 7.79. The molecule has 146 valence electrons. The Morgan fingerprint density at radius 3 is 2.41 bits per heavy atom. The highest BCUT2D eigenvalue weighted by Gasteiger charge is 2.23. The fourth-order valence-electron chi connectivity index (χ4n) is 4.10. The van der Waals surface area contributed by atoms with Gasteiger partial charge in [0.15, 0.2) is 0 Å². The first kappa shape index (κ1) is 17.9. The van der Waals surface area contributed by atoms with Crippen LogP contribution in [0, 0.1) is 6.92 Å². The van der Waals surface area contributed by atoms with Gasteiger partial charge >= 0.3 is 0 Å². The second-order valence-electron chi connectivity index (χ2n) is 7.79. The van der Waals surface area contributed by atoms with Gasteiger partial charge in [0.25, 0.3) is 0 Å². The summed E-state index contributed by atoms with van der Waals surface area (Å²) in [5.41, 5.74) is 8.55. The summed E-state index contributed by atoms with van der Waals surface area (Å²) in [4.78, 5) is 6.91. The van der Waals surface area contributed by atoms with Crippen molar-refractivity contribution in [3.8, 4) is 22.4 Å². The third kappa shape index (κ3) is 3.38. The summed E-state index contributed by atoms with van der Waals surface area (Å²) in [6.07, 6.45) is 2.99. The molecule has 0 fully saturated rings. The predicted molar refractivity (Wildman–Crippen MR) is 115 cm³/mol. The van der Waals surface area contributed by atoms with Crippen LogP contribution in [0.4, 0.5) is 0 Å². The van der Waals surface area contributed by atoms with E-state index in [4.69, 9.17) is 0 Å². The molecule has 4 aromatic rings. The molecule has 0 spiro atoms. The first-order valence-corrected chi connectivity index (χ1v) is 10.1. The lowest BCUT2D eigenvalue weighted by molar-refractivity contribution is 0.239. The minimum atomic E-state index is 0.909. The SMILES string of the molecule is Cc1ncc(CN2CCc3[nH]nc(-c4ccc(-c5ccccc5)cc4)c3C2)n1C. The maximum Gasteiger partial charge on any atom is 0.105 e. The van der Waals surface area contributed by atoms with Gasteiger partial charge in [0.05, 0.1) is 11.4 Å². The predicted octanol–water partition coefficient (Wildman–Crippen LogP) is 4.34. The van der Waals surface area contributed by atoms with Crippen LogP contribution in [0.2, 0.25) is 0 Å². The Kier molecular flexibility index (Phi) is 4.52. The molecule has 0 saturated carbocycles. The number of H-pyrrole nitrogens is 1. The van der Waals surface area contributed by atoms with Gasteiger partial charge in [-0.2, -0.15) is 5.10 Å². The standard InChI is InChI=1S/C24H25N5/c1-17-25-14-21(28(17)2)15-29-13-12-23-22(16-29)24(27-26-23)20-10-8-19(9-11-20)18-6-4-3-5-7-18/h3-11,14H,12-13,15-16H2,1-2H3,(H,26,27). The van der Waals surface area contributed by atoms with E-state index in [0.717, 1.165) is 37.6 Å². The highest BCUT2D eigenvalue weighted by atomic mass is 15.2. The van der Waals surface area contributed by atoms with Crippen LogP contribution in [0.3, 0.4) is 0 Å². The van der Waals surface area contributed by atoms with Crippen LogP contribution >= 0.6 is 0 Å². The molecule has 1 N–H and O–H groups in total. The van der Waals surface area contributed by atoms with E-state index in [9.17, 15) is 0 Å². The van der Waals surface area contributed by atoms with Crippen LogP contribution in [0.25, 0.3) is 22.4 Å². The van der Waals surface area contributed by atoms with E-state index < -0.39 is 0 Å². The van der Waals surface area contributed by atoms with Crippen LogP contribution in [-0.4, -0.2) is 31.2 Å². The van der Waals surface area contributed by atoms with E-state index in [1.807, 2.05) is 19.2 Å². The average Bonchev–Trinajstić information content (AvgIpc) is 3.33. The second kappa shape index (κ2) is 7.33. The molecule has 0 bridgehead atoms. The monoisotopic (exact) mass is 383 g/mol. The van der Waals surface area contributed by atoms with E-state index in [1.165, 1.54) is 33.6 Å². The number of nitrogens with one attached hydrogen (secondary N) is 1. The van der Waals surface area contributed by atoms with E-state index >= 15 is 0 Å². The summed E-state index contributed by atoms with van der Waals surface area (Å²) < 4.78 is 2.17. The van der Waals surface area contributed by atoms with Gasteiger partial charge in [0.1, 0.15) is 5.82 Å². The zero-order valence-corrected chi connectivity index (χ0v) is 16.9. The van der Waals surface area contributed by atoms with Gasteiger partial charge in [-0.3, -0.25) is 10.00 Å². The largest absolute Gasteiger partial charge is 0.334 e. The first-order valence-electron chi connectivity index (χ1n) is 10.1. The average molecular weight is 383 g/mol. The van der Waals surface area contributed by atoms with Crippen molar-refractivity contribution in [1.29, 1.82) is 0 Å². The maximum atomic E-state index is 4.66. The van der Waals surface area contributed by atoms with Gasteiger partial charge < -0.3 is 4.57 Å². The van der Waals surface area contributed by atoms with Gasteiger partial charge in [-0.05, 0) is 18.1 Å². The van der Waals surface area contributed by atoms with Gasteiger partial charge in [0.2, 0.25) is 0 Å². The smallest absolute Gasteiger partial charge is 0.105 e. The number of aromatic amines is 1. The number of imidazole rings is 1. The van der Waals surface area contributed by atoms with Crippen molar-refractivity contribution < 1.29 is 0 Å². The molecule has 0 amide bonds. The number of hydrogen-bond donors (Lipinski definition) is 1. The fourth-order valence-corrected chi connectivity index (χ4v) is 4.10. The molecule has 29 heavy (non-hydrogen) atoms. The summed E-state index contributed by atoms with van der Waals surface area (Å²) in [7, 11) is 2.09. The minimum Gasteiger partial charge on any atom is -0.334 e. The molecule has 0 aliphatic carbocycles. The molecule has 1 aliphatic heterocycles. The number of nitrogens with zero attached hydrogens (tertiary/aromatic N) is 4. The number of hydrogen-bond acceptors (Lipinski definition) is 3. The molecule has 0 unspecified atom stereocenters. The Morgan fingerprint density at radius 1 is 0.966 bits per heavy atom.